The topological polar surface area (TPSA) is 0 Å². The SMILES string of the molecule is CC1CCc2ccc3c4c(cc(Cl)c3c2C1)C=CCC4. The molecule has 0 aliphatic heterocycles. The van der Waals surface area contributed by atoms with E-state index in [1.165, 1.54) is 52.3 Å². The maximum absolute atomic E-state index is 6.64. The van der Waals surface area contributed by atoms with Crippen LogP contribution in [0.4, 0.5) is 0 Å². The maximum atomic E-state index is 6.64. The van der Waals surface area contributed by atoms with E-state index in [1.807, 2.05) is 0 Å². The van der Waals surface area contributed by atoms with Crippen molar-refractivity contribution >= 4 is 28.4 Å². The third kappa shape index (κ3) is 1.82. The summed E-state index contributed by atoms with van der Waals surface area (Å²) in [6, 6.07) is 6.83. The number of halogens is 1. The zero-order chi connectivity index (χ0) is 13.7. The molecule has 0 fully saturated rings. The predicted octanol–water partition coefficient (Wildman–Crippen LogP) is 5.58. The van der Waals surface area contributed by atoms with Crippen LogP contribution in [0.1, 0.15) is 42.0 Å². The molecule has 0 heterocycles. The molecule has 0 N–H and O–H groups in total. The number of rotatable bonds is 0. The number of aryl methyl sites for hydroxylation is 2. The Kier molecular flexibility index (Phi) is 2.89. The van der Waals surface area contributed by atoms with E-state index in [2.05, 4.69) is 37.3 Å². The number of fused-ring (bicyclic) bond motifs is 5. The summed E-state index contributed by atoms with van der Waals surface area (Å²) < 4.78 is 0. The number of hydrogen-bond acceptors (Lipinski definition) is 0. The van der Waals surface area contributed by atoms with Crippen molar-refractivity contribution < 1.29 is 0 Å². The Bertz CT molecular complexity index is 724. The van der Waals surface area contributed by atoms with Crippen LogP contribution in [0.2, 0.25) is 5.02 Å². The van der Waals surface area contributed by atoms with Crippen molar-refractivity contribution in [3.8, 4) is 0 Å². The zero-order valence-corrected chi connectivity index (χ0v) is 12.6. The molecular formula is C19H19Cl. The summed E-state index contributed by atoms with van der Waals surface area (Å²) in [6.07, 6.45) is 10.5. The highest BCUT2D eigenvalue weighted by Crippen LogP contribution is 2.39. The Morgan fingerprint density at radius 3 is 2.95 bits per heavy atom. The Hall–Kier alpha value is -1.27. The van der Waals surface area contributed by atoms with Gasteiger partial charge < -0.3 is 0 Å². The summed E-state index contributed by atoms with van der Waals surface area (Å²) in [5, 5.41) is 3.67. The van der Waals surface area contributed by atoms with Crippen LogP contribution in [0.3, 0.4) is 0 Å². The summed E-state index contributed by atoms with van der Waals surface area (Å²) in [6.45, 7) is 2.36. The van der Waals surface area contributed by atoms with Gasteiger partial charge in [0, 0.05) is 10.4 Å². The van der Waals surface area contributed by atoms with Gasteiger partial charge in [0.2, 0.25) is 0 Å². The highest BCUT2D eigenvalue weighted by molar-refractivity contribution is 6.36. The molecule has 2 aromatic rings. The lowest BCUT2D eigenvalue weighted by atomic mass is 9.80. The molecule has 1 heteroatoms. The van der Waals surface area contributed by atoms with Crippen molar-refractivity contribution in [1.82, 2.24) is 0 Å². The minimum Gasteiger partial charge on any atom is -0.0836 e. The molecule has 20 heavy (non-hydrogen) atoms. The largest absolute Gasteiger partial charge is 0.0836 e. The van der Waals surface area contributed by atoms with Gasteiger partial charge in [0.15, 0.2) is 0 Å². The Morgan fingerprint density at radius 1 is 1.15 bits per heavy atom. The van der Waals surface area contributed by atoms with E-state index in [1.54, 1.807) is 0 Å². The first-order valence-corrected chi connectivity index (χ1v) is 8.04. The van der Waals surface area contributed by atoms with Crippen molar-refractivity contribution in [3.63, 3.8) is 0 Å². The first-order chi connectivity index (χ1) is 9.74. The fraction of sp³-hybridized carbons (Fsp3) is 0.368. The minimum atomic E-state index is 0.778. The normalized spacial score (nSPS) is 20.8. The van der Waals surface area contributed by atoms with E-state index in [0.717, 1.165) is 23.8 Å². The van der Waals surface area contributed by atoms with E-state index in [-0.39, 0.29) is 0 Å². The number of allylic oxidation sites excluding steroid dienone is 1. The molecule has 1 atom stereocenters. The van der Waals surface area contributed by atoms with Gasteiger partial charge in [-0.25, -0.2) is 0 Å². The molecule has 4 rings (SSSR count). The highest BCUT2D eigenvalue weighted by Gasteiger charge is 2.21. The second kappa shape index (κ2) is 4.63. The summed E-state index contributed by atoms with van der Waals surface area (Å²) in [4.78, 5) is 0. The third-order valence-corrected chi connectivity index (χ3v) is 5.22. The van der Waals surface area contributed by atoms with Gasteiger partial charge in [-0.2, -0.15) is 0 Å². The molecule has 1 unspecified atom stereocenters. The molecule has 0 saturated carbocycles. The Morgan fingerprint density at radius 2 is 2.05 bits per heavy atom. The first kappa shape index (κ1) is 12.5. The van der Waals surface area contributed by atoms with Crippen LogP contribution in [-0.2, 0) is 19.3 Å². The van der Waals surface area contributed by atoms with Crippen LogP contribution in [-0.4, -0.2) is 0 Å². The van der Waals surface area contributed by atoms with E-state index in [4.69, 9.17) is 11.6 Å². The fourth-order valence-corrected chi connectivity index (χ4v) is 4.19. The average molecular weight is 283 g/mol. The molecule has 102 valence electrons. The first-order valence-electron chi connectivity index (χ1n) is 7.66. The van der Waals surface area contributed by atoms with Gasteiger partial charge in [0.25, 0.3) is 0 Å². The number of hydrogen-bond donors (Lipinski definition) is 0. The summed E-state index contributed by atoms with van der Waals surface area (Å²) in [7, 11) is 0. The summed E-state index contributed by atoms with van der Waals surface area (Å²) in [5.41, 5.74) is 5.85. The van der Waals surface area contributed by atoms with Crippen LogP contribution in [0, 0.1) is 5.92 Å². The molecule has 2 aliphatic rings. The van der Waals surface area contributed by atoms with Crippen molar-refractivity contribution in [1.29, 1.82) is 0 Å². The van der Waals surface area contributed by atoms with Gasteiger partial charge in [0.05, 0.1) is 0 Å². The molecule has 0 bridgehead atoms. The van der Waals surface area contributed by atoms with Crippen molar-refractivity contribution in [2.45, 2.75) is 39.0 Å². The van der Waals surface area contributed by atoms with Crippen molar-refractivity contribution in [3.05, 3.63) is 51.6 Å². The molecule has 0 radical (unpaired) electrons. The molecule has 0 spiro atoms. The fourth-order valence-electron chi connectivity index (χ4n) is 3.85. The lowest BCUT2D eigenvalue weighted by Crippen LogP contribution is -2.12. The zero-order valence-electron chi connectivity index (χ0n) is 11.9. The number of benzene rings is 2. The van der Waals surface area contributed by atoms with Crippen LogP contribution in [0.25, 0.3) is 16.8 Å². The Labute approximate surface area is 125 Å². The van der Waals surface area contributed by atoms with Gasteiger partial charge in [-0.15, -0.1) is 0 Å². The Balaban J connectivity index is 2.06. The van der Waals surface area contributed by atoms with Crippen LogP contribution >= 0.6 is 11.6 Å². The van der Waals surface area contributed by atoms with Gasteiger partial charge in [-0.3, -0.25) is 0 Å². The van der Waals surface area contributed by atoms with E-state index in [0.29, 0.717) is 0 Å². The predicted molar refractivity (Wildman–Crippen MR) is 87.5 cm³/mol. The minimum absolute atomic E-state index is 0.778. The van der Waals surface area contributed by atoms with Gasteiger partial charge in [0.1, 0.15) is 0 Å². The molecule has 0 saturated heterocycles. The second-order valence-electron chi connectivity index (χ2n) is 6.34. The van der Waals surface area contributed by atoms with Gasteiger partial charge >= 0.3 is 0 Å². The van der Waals surface area contributed by atoms with Crippen molar-refractivity contribution in [2.75, 3.05) is 0 Å². The molecule has 0 nitrogen and oxygen atoms in total. The second-order valence-corrected chi connectivity index (χ2v) is 6.75. The van der Waals surface area contributed by atoms with Crippen LogP contribution < -0.4 is 0 Å². The monoisotopic (exact) mass is 282 g/mol. The van der Waals surface area contributed by atoms with Gasteiger partial charge in [-0.1, -0.05) is 42.8 Å². The standard InChI is InChI=1S/C19H19Cl/c1-12-6-7-13-8-9-16-15-5-3-2-4-14(15)11-18(20)19(16)17(13)10-12/h2,4,8-9,11-12H,3,5-7,10H2,1H3. The highest BCUT2D eigenvalue weighted by atomic mass is 35.5. The van der Waals surface area contributed by atoms with E-state index >= 15 is 0 Å². The van der Waals surface area contributed by atoms with Gasteiger partial charge in [-0.05, 0) is 71.7 Å². The van der Waals surface area contributed by atoms with E-state index < -0.39 is 0 Å². The smallest absolute Gasteiger partial charge is 0.0493 e. The van der Waals surface area contributed by atoms with Crippen LogP contribution in [0.15, 0.2) is 24.3 Å². The third-order valence-electron chi connectivity index (χ3n) is 4.92. The lowest BCUT2D eigenvalue weighted by Gasteiger charge is -2.25. The summed E-state index contributed by atoms with van der Waals surface area (Å²) in [5.74, 6) is 0.778. The summed E-state index contributed by atoms with van der Waals surface area (Å²) >= 11 is 6.64. The maximum Gasteiger partial charge on any atom is 0.0493 e. The molecule has 2 aromatic carbocycles. The molecular weight excluding hydrogens is 264 g/mol. The van der Waals surface area contributed by atoms with Crippen molar-refractivity contribution in [2.24, 2.45) is 5.92 Å². The average Bonchev–Trinajstić information content (AvgIpc) is 2.46. The lowest BCUT2D eigenvalue weighted by molar-refractivity contribution is 0.504. The quantitative estimate of drug-likeness (QED) is 0.592. The molecule has 0 amide bonds. The molecule has 0 aromatic heterocycles. The van der Waals surface area contributed by atoms with Crippen LogP contribution in [0.5, 0.6) is 0 Å². The van der Waals surface area contributed by atoms with E-state index in [9.17, 15) is 0 Å². The molecule has 2 aliphatic carbocycles.